The van der Waals surface area contributed by atoms with Gasteiger partial charge in [0, 0.05) is 72.1 Å². The number of hydrogen-bond acceptors (Lipinski definition) is 15. The van der Waals surface area contributed by atoms with Gasteiger partial charge in [0.05, 0.1) is 76.2 Å². The average Bonchev–Trinajstić information content (AvgIpc) is 3.70. The van der Waals surface area contributed by atoms with Crippen molar-refractivity contribution >= 4 is 34.4 Å². The van der Waals surface area contributed by atoms with Crippen molar-refractivity contribution < 1.29 is 57.0 Å². The fourth-order valence-corrected chi connectivity index (χ4v) is 9.44. The quantitative estimate of drug-likeness (QED) is 0.0277. The molecule has 0 aromatic heterocycles. The Balaban J connectivity index is 1.94. The van der Waals surface area contributed by atoms with Crippen LogP contribution in [0.25, 0.3) is 0 Å². The van der Waals surface area contributed by atoms with Crippen LogP contribution in [0, 0.1) is 0 Å². The van der Waals surface area contributed by atoms with Crippen molar-refractivity contribution in [2.24, 2.45) is 0 Å². The monoisotopic (exact) mass is 1210 g/mol. The molecule has 15 nitrogen and oxygen atoms in total. The van der Waals surface area contributed by atoms with Crippen LogP contribution in [0.1, 0.15) is 236 Å². The summed E-state index contributed by atoms with van der Waals surface area (Å²) in [6.07, 6.45) is 30.1. The van der Waals surface area contributed by atoms with Gasteiger partial charge in [0.25, 0.3) is 0 Å². The van der Waals surface area contributed by atoms with E-state index in [4.69, 9.17) is 42.6 Å². The lowest BCUT2D eigenvalue weighted by Gasteiger charge is -2.21. The first-order valence-corrected chi connectivity index (χ1v) is 33.9. The van der Waals surface area contributed by atoms with Gasteiger partial charge in [-0.2, -0.15) is 0 Å². The topological polar surface area (TPSA) is 170 Å². The molecule has 0 aliphatic heterocycles. The summed E-state index contributed by atoms with van der Waals surface area (Å²) in [5.74, 6) is 2.15. The predicted octanol–water partition coefficient (Wildman–Crippen LogP) is 18.8. The van der Waals surface area contributed by atoms with Crippen molar-refractivity contribution in [2.45, 2.75) is 236 Å². The molecule has 0 heterocycles. The SMILES string of the molecule is CCCCCOc1cc(NC=C2C(=O)C(=CNc3cc(OCCCCC)c(OCCCCC)c(OCCCCC)c3)C(=O)C(=CNc3cc(OCCCCC)c(OCCCCC)c(OCCCCC)c3)C2=O)cc(OCCCCC)c1OCCCCC. The fourth-order valence-electron chi connectivity index (χ4n) is 9.44. The third kappa shape index (κ3) is 26.4. The van der Waals surface area contributed by atoms with Crippen LogP contribution in [0.3, 0.4) is 0 Å². The molecule has 1 saturated carbocycles. The van der Waals surface area contributed by atoms with Crippen molar-refractivity contribution in [1.29, 1.82) is 0 Å². The van der Waals surface area contributed by atoms with Crippen LogP contribution in [0.2, 0.25) is 0 Å². The van der Waals surface area contributed by atoms with Gasteiger partial charge in [-0.15, -0.1) is 0 Å². The highest BCUT2D eigenvalue weighted by Gasteiger charge is 2.39. The Bertz CT molecular complexity index is 2160. The molecule has 4 rings (SSSR count). The van der Waals surface area contributed by atoms with Gasteiger partial charge in [-0.25, -0.2) is 0 Å². The number of carbonyl (C=O) groups excluding carboxylic acids is 3. The summed E-state index contributed by atoms with van der Waals surface area (Å²) in [6.45, 7) is 23.6. The Morgan fingerprint density at radius 3 is 0.575 bits per heavy atom. The summed E-state index contributed by atoms with van der Waals surface area (Å²) in [5.41, 5.74) is 0.686. The van der Waals surface area contributed by atoms with E-state index in [0.29, 0.717) is 128 Å². The van der Waals surface area contributed by atoms with Crippen molar-refractivity contribution in [1.82, 2.24) is 0 Å². The summed E-state index contributed by atoms with van der Waals surface area (Å²) < 4.78 is 57.9. The molecule has 3 N–H and O–H groups in total. The maximum atomic E-state index is 15.0. The van der Waals surface area contributed by atoms with Crippen LogP contribution in [0.5, 0.6) is 51.7 Å². The van der Waals surface area contributed by atoms with Gasteiger partial charge in [0.2, 0.25) is 34.6 Å². The second-order valence-electron chi connectivity index (χ2n) is 22.5. The number of rotatable bonds is 51. The molecule has 15 heteroatoms. The molecule has 3 aromatic rings. The minimum atomic E-state index is -0.775. The molecule has 1 aliphatic rings. The van der Waals surface area contributed by atoms with Crippen LogP contribution in [-0.4, -0.2) is 76.8 Å². The molecular weight excluding hydrogens is 1100 g/mol. The highest BCUT2D eigenvalue weighted by atomic mass is 16.6. The fraction of sp³-hybridized carbons (Fsp3) is 0.625. The first-order chi connectivity index (χ1) is 42.6. The molecule has 3 aromatic carbocycles. The zero-order chi connectivity index (χ0) is 62.7. The number of nitrogens with one attached hydrogen (secondary N) is 3. The number of anilines is 3. The molecular formula is C72H111N3O12. The Hall–Kier alpha value is -6.51. The highest BCUT2D eigenvalue weighted by molar-refractivity contribution is 6.51. The molecule has 0 radical (unpaired) electrons. The van der Waals surface area contributed by atoms with E-state index in [9.17, 15) is 14.4 Å². The van der Waals surface area contributed by atoms with Crippen molar-refractivity contribution in [2.75, 3.05) is 75.4 Å². The van der Waals surface area contributed by atoms with Gasteiger partial charge < -0.3 is 58.6 Å². The van der Waals surface area contributed by atoms with Gasteiger partial charge in [0.1, 0.15) is 0 Å². The number of benzene rings is 3. The van der Waals surface area contributed by atoms with Crippen molar-refractivity contribution in [3.05, 3.63) is 71.7 Å². The molecule has 486 valence electrons. The Morgan fingerprint density at radius 1 is 0.253 bits per heavy atom. The molecule has 1 aliphatic carbocycles. The van der Waals surface area contributed by atoms with Crippen LogP contribution in [0.15, 0.2) is 71.7 Å². The average molecular weight is 1210 g/mol. The van der Waals surface area contributed by atoms with Gasteiger partial charge in [-0.05, 0) is 57.8 Å². The molecule has 87 heavy (non-hydrogen) atoms. The van der Waals surface area contributed by atoms with E-state index in [1.54, 1.807) is 36.4 Å². The van der Waals surface area contributed by atoms with Crippen LogP contribution >= 0.6 is 0 Å². The van der Waals surface area contributed by atoms with E-state index in [1.807, 2.05) is 0 Å². The Labute approximate surface area is 523 Å². The van der Waals surface area contributed by atoms with Crippen LogP contribution < -0.4 is 58.6 Å². The summed E-state index contributed by atoms with van der Waals surface area (Å²) in [5, 5.41) is 9.76. The number of ether oxygens (including phenoxy) is 9. The molecule has 0 bridgehead atoms. The lowest BCUT2D eigenvalue weighted by Crippen LogP contribution is -2.33. The number of unbranched alkanes of at least 4 members (excludes halogenated alkanes) is 18. The van der Waals surface area contributed by atoms with E-state index in [1.165, 1.54) is 18.6 Å². The van der Waals surface area contributed by atoms with Gasteiger partial charge in [-0.3, -0.25) is 14.4 Å². The summed E-state index contributed by atoms with van der Waals surface area (Å²) in [4.78, 5) is 45.0. The van der Waals surface area contributed by atoms with Gasteiger partial charge >= 0.3 is 0 Å². The number of hydrogen-bond donors (Lipinski definition) is 3. The Kier molecular flexibility index (Phi) is 37.6. The van der Waals surface area contributed by atoms with Gasteiger partial charge in [-0.1, -0.05) is 178 Å². The maximum Gasteiger partial charge on any atom is 0.203 e. The largest absolute Gasteiger partial charge is 0.489 e. The molecule has 1 fully saturated rings. The molecule has 0 saturated heterocycles. The smallest absolute Gasteiger partial charge is 0.203 e. The van der Waals surface area contributed by atoms with E-state index in [0.717, 1.165) is 173 Å². The summed E-state index contributed by atoms with van der Waals surface area (Å²) in [6, 6.07) is 10.8. The van der Waals surface area contributed by atoms with Crippen LogP contribution in [-0.2, 0) is 14.4 Å². The Morgan fingerprint density at radius 2 is 0.414 bits per heavy atom. The number of Topliss-reactive ketones (excluding diaryl/α,β-unsaturated/α-hetero) is 3. The van der Waals surface area contributed by atoms with Crippen molar-refractivity contribution in [3.8, 4) is 51.7 Å². The second-order valence-corrected chi connectivity index (χ2v) is 22.5. The maximum absolute atomic E-state index is 15.0. The zero-order valence-corrected chi connectivity index (χ0v) is 55.1. The molecule has 0 unspecified atom stereocenters. The normalized spacial score (nSPS) is 12.2. The summed E-state index contributed by atoms with van der Waals surface area (Å²) >= 11 is 0. The molecule has 0 atom stereocenters. The number of carbonyl (C=O) groups is 3. The van der Waals surface area contributed by atoms with E-state index in [-0.39, 0.29) is 16.7 Å². The third-order valence-corrected chi connectivity index (χ3v) is 14.7. The number of ketones is 3. The summed E-state index contributed by atoms with van der Waals surface area (Å²) in [7, 11) is 0. The minimum Gasteiger partial charge on any atom is -0.489 e. The predicted molar refractivity (Wildman–Crippen MR) is 355 cm³/mol. The third-order valence-electron chi connectivity index (χ3n) is 14.7. The first kappa shape index (κ1) is 73.0. The standard InChI is InChI=1S/C72H111N3O12/c1-10-19-28-37-79-61-46-55(47-62(80-38-29-20-11-2)70(61)85-43-34-25-16-7)73-52-58-67(76)59(53-74-56-48-63(81-39-30-21-12-3)71(86-44-35-26-17-8)64(49-56)82-40-31-22-13-4)69(78)60(68(58)77)54-75-57-50-65(83-41-32-23-14-5)72(87-45-36-27-18-9)66(51-57)84-42-33-24-15-6/h46-54,73-75H,10-45H2,1-9H3. The zero-order valence-electron chi connectivity index (χ0n) is 55.1. The van der Waals surface area contributed by atoms with Crippen LogP contribution in [0.4, 0.5) is 17.1 Å². The second kappa shape index (κ2) is 44.9. The highest BCUT2D eigenvalue weighted by Crippen LogP contribution is 2.44. The minimum absolute atomic E-state index is 0.266. The first-order valence-electron chi connectivity index (χ1n) is 33.9. The van der Waals surface area contributed by atoms with E-state index in [2.05, 4.69) is 78.3 Å². The van der Waals surface area contributed by atoms with E-state index < -0.39 is 17.3 Å². The van der Waals surface area contributed by atoms with Gasteiger partial charge in [0.15, 0.2) is 34.5 Å². The lowest BCUT2D eigenvalue weighted by atomic mass is 9.84. The number of allylic oxidation sites excluding steroid dienone is 3. The molecule has 0 spiro atoms. The van der Waals surface area contributed by atoms with Crippen molar-refractivity contribution in [3.63, 3.8) is 0 Å². The molecule has 0 amide bonds. The lowest BCUT2D eigenvalue weighted by molar-refractivity contribution is -0.124. The van der Waals surface area contributed by atoms with E-state index >= 15 is 0 Å².